The van der Waals surface area contributed by atoms with Crippen LogP contribution in [0.2, 0.25) is 0 Å². The van der Waals surface area contributed by atoms with Crippen LogP contribution >= 0.6 is 0 Å². The summed E-state index contributed by atoms with van der Waals surface area (Å²) in [5.74, 6) is 0.630. The van der Waals surface area contributed by atoms with Gasteiger partial charge in [-0.05, 0) is 25.5 Å². The van der Waals surface area contributed by atoms with E-state index in [2.05, 4.69) is 15.3 Å². The zero-order valence-electron chi connectivity index (χ0n) is 11.7. The van der Waals surface area contributed by atoms with Gasteiger partial charge in [-0.3, -0.25) is 9.78 Å². The highest BCUT2D eigenvalue weighted by Gasteiger charge is 2.13. The van der Waals surface area contributed by atoms with Gasteiger partial charge >= 0.3 is 0 Å². The third-order valence-corrected chi connectivity index (χ3v) is 2.84. The van der Waals surface area contributed by atoms with E-state index in [0.717, 1.165) is 17.9 Å². The second kappa shape index (κ2) is 6.70. The third kappa shape index (κ3) is 3.57. The van der Waals surface area contributed by atoms with Crippen LogP contribution in [0.15, 0.2) is 30.9 Å². The topological polar surface area (TPSA) is 69.0 Å². The van der Waals surface area contributed by atoms with Gasteiger partial charge in [-0.25, -0.2) is 4.98 Å². The second-order valence-corrected chi connectivity index (χ2v) is 4.44. The molecule has 6 nitrogen and oxygen atoms in total. The number of aromatic nitrogens is 3. The molecule has 2 rings (SSSR count). The first kappa shape index (κ1) is 14.0. The molecule has 0 atom stereocenters. The highest BCUT2D eigenvalue weighted by atomic mass is 16.5. The molecule has 20 heavy (non-hydrogen) atoms. The van der Waals surface area contributed by atoms with Crippen molar-refractivity contribution in [3.8, 4) is 5.75 Å². The lowest BCUT2D eigenvalue weighted by Crippen LogP contribution is -2.27. The van der Waals surface area contributed by atoms with Gasteiger partial charge in [0.1, 0.15) is 11.4 Å². The number of carbonyl (C=O) groups is 1. The molecular weight excluding hydrogens is 256 g/mol. The number of rotatable bonds is 6. The summed E-state index contributed by atoms with van der Waals surface area (Å²) < 4.78 is 7.21. The predicted molar refractivity (Wildman–Crippen MR) is 74.6 cm³/mol. The Bertz CT molecular complexity index is 546. The zero-order valence-corrected chi connectivity index (χ0v) is 11.7. The minimum absolute atomic E-state index is 0.108. The molecule has 2 heterocycles. The highest BCUT2D eigenvalue weighted by molar-refractivity contribution is 5.93. The van der Waals surface area contributed by atoms with Crippen LogP contribution in [0.1, 0.15) is 22.6 Å². The Morgan fingerprint density at radius 2 is 2.35 bits per heavy atom. The molecule has 106 valence electrons. The molecule has 1 N–H and O–H groups in total. The maximum absolute atomic E-state index is 12.0. The molecule has 0 aliphatic heterocycles. The van der Waals surface area contributed by atoms with Crippen molar-refractivity contribution in [2.75, 3.05) is 13.2 Å². The minimum Gasteiger partial charge on any atom is -0.492 e. The standard InChI is InChI=1S/C14H18N4O2/c1-11-13(18(2)10-17-11)14(19)16-7-4-8-20-12-5-3-6-15-9-12/h3,5-6,9-10H,4,7-8H2,1-2H3,(H,16,19). The van der Waals surface area contributed by atoms with Gasteiger partial charge in [-0.2, -0.15) is 0 Å². The first-order valence-electron chi connectivity index (χ1n) is 6.47. The second-order valence-electron chi connectivity index (χ2n) is 4.44. The van der Waals surface area contributed by atoms with Gasteiger partial charge in [0, 0.05) is 19.8 Å². The molecule has 2 aromatic heterocycles. The number of hydrogen-bond acceptors (Lipinski definition) is 4. The Labute approximate surface area is 117 Å². The number of amides is 1. The van der Waals surface area contributed by atoms with Crippen molar-refractivity contribution in [2.45, 2.75) is 13.3 Å². The number of imidazole rings is 1. The SMILES string of the molecule is Cc1ncn(C)c1C(=O)NCCCOc1cccnc1. The van der Waals surface area contributed by atoms with Crippen molar-refractivity contribution in [3.63, 3.8) is 0 Å². The van der Waals surface area contributed by atoms with Crippen LogP contribution in [-0.2, 0) is 7.05 Å². The van der Waals surface area contributed by atoms with E-state index in [-0.39, 0.29) is 5.91 Å². The first-order chi connectivity index (χ1) is 9.68. The summed E-state index contributed by atoms with van der Waals surface area (Å²) in [4.78, 5) is 20.0. The number of pyridine rings is 1. The Morgan fingerprint density at radius 1 is 1.50 bits per heavy atom. The van der Waals surface area contributed by atoms with E-state index in [1.807, 2.05) is 19.1 Å². The molecule has 1 amide bonds. The molecule has 6 heteroatoms. The van der Waals surface area contributed by atoms with Crippen LogP contribution < -0.4 is 10.1 Å². The number of ether oxygens (including phenoxy) is 1. The number of nitrogens with one attached hydrogen (secondary N) is 1. The van der Waals surface area contributed by atoms with Crippen LogP contribution in [0, 0.1) is 6.92 Å². The average Bonchev–Trinajstić information content (AvgIpc) is 2.79. The molecule has 0 saturated carbocycles. The molecule has 0 saturated heterocycles. The van der Waals surface area contributed by atoms with Crippen molar-refractivity contribution in [2.24, 2.45) is 7.05 Å². The fourth-order valence-corrected chi connectivity index (χ4v) is 1.85. The summed E-state index contributed by atoms with van der Waals surface area (Å²) in [6.45, 7) is 2.92. The van der Waals surface area contributed by atoms with Crippen molar-refractivity contribution in [3.05, 3.63) is 42.2 Å². The van der Waals surface area contributed by atoms with E-state index >= 15 is 0 Å². The van der Waals surface area contributed by atoms with Gasteiger partial charge in [-0.15, -0.1) is 0 Å². The smallest absolute Gasteiger partial charge is 0.269 e. The van der Waals surface area contributed by atoms with E-state index in [1.165, 1.54) is 0 Å². The number of carbonyl (C=O) groups excluding carboxylic acids is 1. The predicted octanol–water partition coefficient (Wildman–Crippen LogP) is 1.32. The molecule has 2 aromatic rings. The normalized spacial score (nSPS) is 10.3. The molecular formula is C14H18N4O2. The molecule has 0 aliphatic rings. The quantitative estimate of drug-likeness (QED) is 0.807. The van der Waals surface area contributed by atoms with Crippen LogP contribution in [0.4, 0.5) is 0 Å². The molecule has 0 bridgehead atoms. The van der Waals surface area contributed by atoms with Gasteiger partial charge in [0.25, 0.3) is 5.91 Å². The summed E-state index contributed by atoms with van der Waals surface area (Å²) >= 11 is 0. The van der Waals surface area contributed by atoms with Crippen LogP contribution in [0.3, 0.4) is 0 Å². The largest absolute Gasteiger partial charge is 0.492 e. The lowest BCUT2D eigenvalue weighted by molar-refractivity contribution is 0.0942. The van der Waals surface area contributed by atoms with Gasteiger partial charge in [0.15, 0.2) is 0 Å². The molecule has 0 aliphatic carbocycles. The molecule has 0 unspecified atom stereocenters. The van der Waals surface area contributed by atoms with E-state index in [1.54, 1.807) is 30.3 Å². The molecule has 0 fully saturated rings. The minimum atomic E-state index is -0.108. The monoisotopic (exact) mass is 274 g/mol. The van der Waals surface area contributed by atoms with Gasteiger partial charge in [0.2, 0.25) is 0 Å². The maximum Gasteiger partial charge on any atom is 0.269 e. The number of aryl methyl sites for hydroxylation is 2. The summed E-state index contributed by atoms with van der Waals surface area (Å²) in [6, 6.07) is 3.67. The fraction of sp³-hybridized carbons (Fsp3) is 0.357. The van der Waals surface area contributed by atoms with Crippen LogP contribution in [0.5, 0.6) is 5.75 Å². The van der Waals surface area contributed by atoms with Gasteiger partial charge in [-0.1, -0.05) is 0 Å². The Morgan fingerprint density at radius 3 is 3.00 bits per heavy atom. The Hall–Kier alpha value is -2.37. The molecule has 0 spiro atoms. The summed E-state index contributed by atoms with van der Waals surface area (Å²) in [7, 11) is 1.81. The lowest BCUT2D eigenvalue weighted by Gasteiger charge is -2.08. The van der Waals surface area contributed by atoms with Crippen molar-refractivity contribution in [1.82, 2.24) is 19.9 Å². The van der Waals surface area contributed by atoms with Crippen molar-refractivity contribution >= 4 is 5.91 Å². The van der Waals surface area contributed by atoms with E-state index in [9.17, 15) is 4.79 Å². The van der Waals surface area contributed by atoms with E-state index < -0.39 is 0 Å². The fourth-order valence-electron chi connectivity index (χ4n) is 1.85. The molecule has 0 radical (unpaired) electrons. The Kier molecular flexibility index (Phi) is 4.70. The van der Waals surface area contributed by atoms with Crippen LogP contribution in [0.25, 0.3) is 0 Å². The van der Waals surface area contributed by atoms with Gasteiger partial charge < -0.3 is 14.6 Å². The first-order valence-corrected chi connectivity index (χ1v) is 6.47. The van der Waals surface area contributed by atoms with Gasteiger partial charge in [0.05, 0.1) is 24.8 Å². The maximum atomic E-state index is 12.0. The molecule has 0 aromatic carbocycles. The number of nitrogens with zero attached hydrogens (tertiary/aromatic N) is 3. The summed E-state index contributed by atoms with van der Waals surface area (Å²) in [6.07, 6.45) is 5.73. The zero-order chi connectivity index (χ0) is 14.4. The van der Waals surface area contributed by atoms with E-state index in [4.69, 9.17) is 4.74 Å². The Balaban J connectivity index is 1.70. The van der Waals surface area contributed by atoms with Crippen LogP contribution in [-0.4, -0.2) is 33.6 Å². The lowest BCUT2D eigenvalue weighted by atomic mass is 10.3. The van der Waals surface area contributed by atoms with Crippen molar-refractivity contribution < 1.29 is 9.53 Å². The number of hydrogen-bond donors (Lipinski definition) is 1. The van der Waals surface area contributed by atoms with Crippen molar-refractivity contribution in [1.29, 1.82) is 0 Å². The summed E-state index contributed by atoms with van der Waals surface area (Å²) in [5.41, 5.74) is 1.33. The summed E-state index contributed by atoms with van der Waals surface area (Å²) in [5, 5.41) is 2.86. The average molecular weight is 274 g/mol. The van der Waals surface area contributed by atoms with E-state index in [0.29, 0.717) is 18.8 Å². The third-order valence-electron chi connectivity index (χ3n) is 2.84. The highest BCUT2D eigenvalue weighted by Crippen LogP contribution is 2.06.